The van der Waals surface area contributed by atoms with Crippen LogP contribution in [-0.4, -0.2) is 10.9 Å². The van der Waals surface area contributed by atoms with Gasteiger partial charge in [-0.1, -0.05) is 6.07 Å². The molecular weight excluding hydrogens is 273 g/mol. The van der Waals surface area contributed by atoms with E-state index in [9.17, 15) is 18.3 Å². The van der Waals surface area contributed by atoms with E-state index in [1.54, 1.807) is 12.1 Å². The maximum absolute atomic E-state index is 13.4. The molecule has 0 radical (unpaired) electrons. The molecule has 0 aliphatic rings. The first-order valence-corrected chi connectivity index (χ1v) is 6.56. The van der Waals surface area contributed by atoms with Crippen LogP contribution >= 0.6 is 11.8 Å². The monoisotopic (exact) mass is 284 g/mol. The average Bonchev–Trinajstić information content (AvgIpc) is 2.39. The van der Waals surface area contributed by atoms with Crippen LogP contribution < -0.4 is 0 Å². The quantitative estimate of drug-likeness (QED) is 0.858. The minimum atomic E-state index is -1.15. The van der Waals surface area contributed by atoms with E-state index in [1.165, 1.54) is 23.9 Å². The molecule has 0 saturated carbocycles. The van der Waals surface area contributed by atoms with Crippen LogP contribution in [0.2, 0.25) is 0 Å². The van der Waals surface area contributed by atoms with Crippen molar-refractivity contribution in [1.29, 1.82) is 0 Å². The van der Waals surface area contributed by atoms with E-state index >= 15 is 0 Å². The highest BCUT2D eigenvalue weighted by molar-refractivity contribution is 7.99. The number of hydrogen-bond acceptors (Lipinski definition) is 2. The van der Waals surface area contributed by atoms with Crippen LogP contribution in [0.4, 0.5) is 13.2 Å². The van der Waals surface area contributed by atoms with Gasteiger partial charge in [-0.25, -0.2) is 13.2 Å². The SMILES string of the molecule is OC(CSc1cccc(F)c1)c1cc(F)ccc1F. The van der Waals surface area contributed by atoms with Crippen molar-refractivity contribution < 1.29 is 18.3 Å². The summed E-state index contributed by atoms with van der Waals surface area (Å²) >= 11 is 1.17. The fourth-order valence-corrected chi connectivity index (χ4v) is 2.49. The van der Waals surface area contributed by atoms with Crippen LogP contribution in [0, 0.1) is 17.5 Å². The summed E-state index contributed by atoms with van der Waals surface area (Å²) in [5.41, 5.74) is -0.0936. The van der Waals surface area contributed by atoms with Gasteiger partial charge < -0.3 is 5.11 Å². The van der Waals surface area contributed by atoms with Gasteiger partial charge in [-0.15, -0.1) is 11.8 Å². The Balaban J connectivity index is 2.05. The lowest BCUT2D eigenvalue weighted by atomic mass is 10.1. The number of aliphatic hydroxyl groups is 1. The maximum atomic E-state index is 13.4. The second-order valence-corrected chi connectivity index (χ2v) is 5.04. The smallest absolute Gasteiger partial charge is 0.129 e. The molecule has 1 N–H and O–H groups in total. The summed E-state index contributed by atoms with van der Waals surface area (Å²) in [6.07, 6.45) is -1.15. The number of hydrogen-bond donors (Lipinski definition) is 1. The van der Waals surface area contributed by atoms with Crippen molar-refractivity contribution in [3.05, 3.63) is 65.5 Å². The first-order chi connectivity index (χ1) is 9.06. The summed E-state index contributed by atoms with van der Waals surface area (Å²) in [6, 6.07) is 8.79. The Hall–Kier alpha value is -1.46. The van der Waals surface area contributed by atoms with E-state index < -0.39 is 17.7 Å². The number of halogens is 3. The third-order valence-corrected chi connectivity index (χ3v) is 3.59. The van der Waals surface area contributed by atoms with Crippen molar-refractivity contribution in [2.45, 2.75) is 11.0 Å². The van der Waals surface area contributed by atoms with Gasteiger partial charge in [0, 0.05) is 16.2 Å². The Morgan fingerprint density at radius 3 is 2.47 bits per heavy atom. The van der Waals surface area contributed by atoms with Crippen molar-refractivity contribution in [2.24, 2.45) is 0 Å². The van der Waals surface area contributed by atoms with Gasteiger partial charge in [0.1, 0.15) is 17.5 Å². The van der Waals surface area contributed by atoms with Gasteiger partial charge in [-0.2, -0.15) is 0 Å². The Labute approximate surface area is 113 Å². The topological polar surface area (TPSA) is 20.2 Å². The largest absolute Gasteiger partial charge is 0.387 e. The van der Waals surface area contributed by atoms with Crippen molar-refractivity contribution >= 4 is 11.8 Å². The molecule has 0 spiro atoms. The van der Waals surface area contributed by atoms with Crippen LogP contribution in [0.3, 0.4) is 0 Å². The Kier molecular flexibility index (Phi) is 4.50. The molecule has 19 heavy (non-hydrogen) atoms. The number of thioether (sulfide) groups is 1. The Morgan fingerprint density at radius 1 is 1.00 bits per heavy atom. The molecule has 1 unspecified atom stereocenters. The molecule has 2 rings (SSSR count). The second-order valence-electron chi connectivity index (χ2n) is 3.95. The van der Waals surface area contributed by atoms with E-state index in [2.05, 4.69) is 0 Å². The molecule has 0 fully saturated rings. The van der Waals surface area contributed by atoms with Gasteiger partial charge in [0.15, 0.2) is 0 Å². The highest BCUT2D eigenvalue weighted by atomic mass is 32.2. The fraction of sp³-hybridized carbons (Fsp3) is 0.143. The van der Waals surface area contributed by atoms with Crippen LogP contribution in [0.5, 0.6) is 0 Å². The zero-order valence-corrected chi connectivity index (χ0v) is 10.6. The molecule has 0 bridgehead atoms. The summed E-state index contributed by atoms with van der Waals surface area (Å²) < 4.78 is 39.3. The van der Waals surface area contributed by atoms with E-state index in [-0.39, 0.29) is 17.1 Å². The molecule has 1 nitrogen and oxygen atoms in total. The zero-order chi connectivity index (χ0) is 13.8. The highest BCUT2D eigenvalue weighted by Gasteiger charge is 2.14. The molecule has 2 aromatic carbocycles. The molecule has 5 heteroatoms. The van der Waals surface area contributed by atoms with E-state index in [4.69, 9.17) is 0 Å². The number of rotatable bonds is 4. The van der Waals surface area contributed by atoms with Crippen LogP contribution in [0.1, 0.15) is 11.7 Å². The minimum Gasteiger partial charge on any atom is -0.387 e. The summed E-state index contributed by atoms with van der Waals surface area (Å²) in [6.45, 7) is 0. The molecule has 100 valence electrons. The molecule has 2 aromatic rings. The van der Waals surface area contributed by atoms with Crippen LogP contribution in [0.25, 0.3) is 0 Å². The third-order valence-electron chi connectivity index (χ3n) is 2.52. The van der Waals surface area contributed by atoms with E-state index in [0.717, 1.165) is 18.2 Å². The van der Waals surface area contributed by atoms with Crippen molar-refractivity contribution in [3.63, 3.8) is 0 Å². The van der Waals surface area contributed by atoms with Crippen LogP contribution in [-0.2, 0) is 0 Å². The summed E-state index contributed by atoms with van der Waals surface area (Å²) in [7, 11) is 0. The third kappa shape index (κ3) is 3.75. The summed E-state index contributed by atoms with van der Waals surface area (Å²) in [5.74, 6) is -1.53. The zero-order valence-electron chi connectivity index (χ0n) is 9.82. The van der Waals surface area contributed by atoms with Crippen molar-refractivity contribution in [3.8, 4) is 0 Å². The molecule has 0 aliphatic carbocycles. The Bertz CT molecular complexity index is 574. The van der Waals surface area contributed by atoms with Gasteiger partial charge in [0.2, 0.25) is 0 Å². The van der Waals surface area contributed by atoms with Gasteiger partial charge >= 0.3 is 0 Å². The predicted molar refractivity (Wildman–Crippen MR) is 68.4 cm³/mol. The highest BCUT2D eigenvalue weighted by Crippen LogP contribution is 2.26. The van der Waals surface area contributed by atoms with Gasteiger partial charge in [0.25, 0.3) is 0 Å². The minimum absolute atomic E-state index is 0.0936. The van der Waals surface area contributed by atoms with Crippen LogP contribution in [0.15, 0.2) is 47.4 Å². The first kappa shape index (κ1) is 14.0. The lowest BCUT2D eigenvalue weighted by Gasteiger charge is -2.11. The molecule has 0 heterocycles. The number of benzene rings is 2. The average molecular weight is 284 g/mol. The lowest BCUT2D eigenvalue weighted by Crippen LogP contribution is -2.04. The summed E-state index contributed by atoms with van der Waals surface area (Å²) in [4.78, 5) is 0.621. The lowest BCUT2D eigenvalue weighted by molar-refractivity contribution is 0.198. The van der Waals surface area contributed by atoms with Crippen molar-refractivity contribution in [1.82, 2.24) is 0 Å². The first-order valence-electron chi connectivity index (χ1n) is 5.57. The molecule has 0 aliphatic heterocycles. The maximum Gasteiger partial charge on any atom is 0.129 e. The van der Waals surface area contributed by atoms with E-state index in [0.29, 0.717) is 4.90 Å². The fourth-order valence-electron chi connectivity index (χ4n) is 1.59. The molecule has 0 saturated heterocycles. The molecule has 1 atom stereocenters. The molecule has 0 amide bonds. The second kappa shape index (κ2) is 6.12. The molecular formula is C14H11F3OS. The molecule has 0 aromatic heterocycles. The standard InChI is InChI=1S/C14H11F3OS/c15-9-2-1-3-11(6-9)19-8-14(18)12-7-10(16)4-5-13(12)17/h1-7,14,18H,8H2. The van der Waals surface area contributed by atoms with Gasteiger partial charge in [-0.3, -0.25) is 0 Å². The Morgan fingerprint density at radius 2 is 1.74 bits per heavy atom. The number of aliphatic hydroxyl groups excluding tert-OH is 1. The summed E-state index contributed by atoms with van der Waals surface area (Å²) in [5, 5.41) is 9.84. The van der Waals surface area contributed by atoms with Crippen molar-refractivity contribution in [2.75, 3.05) is 5.75 Å². The van der Waals surface area contributed by atoms with Gasteiger partial charge in [-0.05, 0) is 36.4 Å². The van der Waals surface area contributed by atoms with E-state index in [1.807, 2.05) is 0 Å². The predicted octanol–water partition coefficient (Wildman–Crippen LogP) is 3.93. The van der Waals surface area contributed by atoms with Gasteiger partial charge in [0.05, 0.1) is 6.10 Å². The normalized spacial score (nSPS) is 12.4.